The molecule has 0 saturated carbocycles. The van der Waals surface area contributed by atoms with Crippen molar-refractivity contribution < 1.29 is 14.6 Å². The van der Waals surface area contributed by atoms with Crippen molar-refractivity contribution in [3.05, 3.63) is 12.2 Å². The van der Waals surface area contributed by atoms with Gasteiger partial charge in [0.1, 0.15) is 6.10 Å². The Hall–Kier alpha value is -0.380. The highest BCUT2D eigenvalue weighted by molar-refractivity contribution is 5.20. The molecule has 0 aromatic carbocycles. The van der Waals surface area contributed by atoms with Crippen LogP contribution in [0.1, 0.15) is 13.3 Å². The highest BCUT2D eigenvalue weighted by Crippen LogP contribution is 2.40. The largest absolute Gasteiger partial charge is 0.386 e. The minimum atomic E-state index is -0.720. The van der Waals surface area contributed by atoms with Gasteiger partial charge in [-0.3, -0.25) is 0 Å². The van der Waals surface area contributed by atoms with Gasteiger partial charge in [0.05, 0.1) is 12.7 Å². The number of fused-ring (bicyclic) bond motifs is 2. The van der Waals surface area contributed by atoms with Crippen LogP contribution in [0.2, 0.25) is 0 Å². The van der Waals surface area contributed by atoms with Crippen LogP contribution in [-0.2, 0) is 9.47 Å². The molecule has 0 amide bonds. The Morgan fingerprint density at radius 3 is 3.00 bits per heavy atom. The summed E-state index contributed by atoms with van der Waals surface area (Å²) < 4.78 is 10.8. The molecule has 3 nitrogen and oxygen atoms in total. The second-order valence-corrected chi connectivity index (χ2v) is 3.21. The summed E-state index contributed by atoms with van der Waals surface area (Å²) in [6.07, 6.45) is 0.124. The number of rotatable bonds is 0. The molecule has 62 valence electrons. The van der Waals surface area contributed by atoms with Gasteiger partial charge in [-0.2, -0.15) is 0 Å². The Kier molecular flexibility index (Phi) is 1.36. The van der Waals surface area contributed by atoms with Crippen molar-refractivity contribution in [2.24, 2.45) is 0 Å². The normalized spacial score (nSPS) is 49.8. The van der Waals surface area contributed by atoms with Crippen molar-refractivity contribution in [3.8, 4) is 0 Å². The van der Waals surface area contributed by atoms with E-state index in [9.17, 15) is 5.11 Å². The summed E-state index contributed by atoms with van der Waals surface area (Å²) in [6, 6.07) is 0. The maximum Gasteiger partial charge on any atom is 0.190 e. The van der Waals surface area contributed by atoms with Gasteiger partial charge < -0.3 is 14.6 Å². The van der Waals surface area contributed by atoms with Crippen LogP contribution in [0, 0.1) is 0 Å². The van der Waals surface area contributed by atoms with E-state index in [4.69, 9.17) is 9.47 Å². The average Bonchev–Trinajstić information content (AvgIpc) is 2.13. The number of ether oxygens (including phenoxy) is 2. The molecule has 2 heterocycles. The second kappa shape index (κ2) is 2.06. The van der Waals surface area contributed by atoms with E-state index in [1.807, 2.05) is 0 Å². The van der Waals surface area contributed by atoms with Crippen molar-refractivity contribution in [3.63, 3.8) is 0 Å². The summed E-state index contributed by atoms with van der Waals surface area (Å²) in [5, 5.41) is 9.53. The zero-order chi connectivity index (χ0) is 8.06. The molecule has 11 heavy (non-hydrogen) atoms. The van der Waals surface area contributed by atoms with E-state index >= 15 is 0 Å². The Morgan fingerprint density at radius 2 is 2.45 bits per heavy atom. The fraction of sp³-hybridized carbons (Fsp3) is 0.750. The van der Waals surface area contributed by atoms with Crippen LogP contribution >= 0.6 is 0 Å². The van der Waals surface area contributed by atoms with Gasteiger partial charge in [-0.25, -0.2) is 0 Å². The standard InChI is InChI=1S/C8H12O3/c1-5-7(9)6-3-4-10-8(5,2)11-6/h6-7,9H,1,3-4H2,2H3/t6-,7-,8-/m1/s1. The summed E-state index contributed by atoms with van der Waals surface area (Å²) in [5.41, 5.74) is 0.653. The Bertz CT molecular complexity index is 202. The van der Waals surface area contributed by atoms with Crippen molar-refractivity contribution in [2.45, 2.75) is 31.3 Å². The third-order valence-corrected chi connectivity index (χ3v) is 2.45. The molecule has 3 atom stereocenters. The van der Waals surface area contributed by atoms with Gasteiger partial charge in [0, 0.05) is 12.0 Å². The fourth-order valence-electron chi connectivity index (χ4n) is 1.64. The van der Waals surface area contributed by atoms with Crippen molar-refractivity contribution in [1.82, 2.24) is 0 Å². The number of aliphatic hydroxyl groups is 1. The van der Waals surface area contributed by atoms with Crippen LogP contribution in [0.25, 0.3) is 0 Å². The molecule has 2 fully saturated rings. The SMILES string of the molecule is C=C1[C@@H](O)[C@H]2CCO[C@]1(C)O2. The molecule has 2 aliphatic rings. The Balaban J connectivity index is 2.31. The molecular weight excluding hydrogens is 144 g/mol. The maximum absolute atomic E-state index is 9.53. The molecule has 2 bridgehead atoms. The molecule has 2 aliphatic heterocycles. The van der Waals surface area contributed by atoms with Gasteiger partial charge in [0.15, 0.2) is 5.79 Å². The Morgan fingerprint density at radius 1 is 1.73 bits per heavy atom. The van der Waals surface area contributed by atoms with Gasteiger partial charge in [-0.05, 0) is 6.92 Å². The minimum absolute atomic E-state index is 0.0961. The van der Waals surface area contributed by atoms with Crippen LogP contribution in [-0.4, -0.2) is 29.7 Å². The quantitative estimate of drug-likeness (QED) is 0.517. The lowest BCUT2D eigenvalue weighted by Gasteiger charge is -2.29. The van der Waals surface area contributed by atoms with E-state index in [0.29, 0.717) is 12.2 Å². The van der Waals surface area contributed by atoms with Crippen LogP contribution in [0.4, 0.5) is 0 Å². The summed E-state index contributed by atoms with van der Waals surface area (Å²) in [4.78, 5) is 0. The maximum atomic E-state index is 9.53. The molecule has 2 saturated heterocycles. The number of aliphatic hydroxyl groups excluding tert-OH is 1. The highest BCUT2D eigenvalue weighted by atomic mass is 16.7. The lowest BCUT2D eigenvalue weighted by Crippen LogP contribution is -2.35. The van der Waals surface area contributed by atoms with Crippen LogP contribution in [0.5, 0.6) is 0 Å². The molecular formula is C8H12O3. The van der Waals surface area contributed by atoms with E-state index in [-0.39, 0.29) is 6.10 Å². The average molecular weight is 156 g/mol. The van der Waals surface area contributed by atoms with Crippen molar-refractivity contribution in [2.75, 3.05) is 6.61 Å². The fourth-order valence-corrected chi connectivity index (χ4v) is 1.64. The first-order chi connectivity index (χ1) is 5.13. The smallest absolute Gasteiger partial charge is 0.190 e. The second-order valence-electron chi connectivity index (χ2n) is 3.21. The van der Waals surface area contributed by atoms with Crippen LogP contribution < -0.4 is 0 Å². The van der Waals surface area contributed by atoms with E-state index < -0.39 is 11.9 Å². The van der Waals surface area contributed by atoms with E-state index in [0.717, 1.165) is 6.42 Å². The minimum Gasteiger partial charge on any atom is -0.386 e. The van der Waals surface area contributed by atoms with Crippen LogP contribution in [0.15, 0.2) is 12.2 Å². The first kappa shape index (κ1) is 7.28. The molecule has 0 unspecified atom stereocenters. The number of hydrogen-bond acceptors (Lipinski definition) is 3. The third-order valence-electron chi connectivity index (χ3n) is 2.45. The molecule has 3 heteroatoms. The monoisotopic (exact) mass is 156 g/mol. The van der Waals surface area contributed by atoms with Gasteiger partial charge in [0.25, 0.3) is 0 Å². The predicted octanol–water partition coefficient (Wildman–Crippen LogP) is 0.439. The lowest BCUT2D eigenvalue weighted by molar-refractivity contribution is -0.235. The molecule has 0 aromatic heterocycles. The lowest BCUT2D eigenvalue weighted by atomic mass is 10.0. The number of hydrogen-bond donors (Lipinski definition) is 1. The molecule has 0 spiro atoms. The third kappa shape index (κ3) is 0.851. The topological polar surface area (TPSA) is 38.7 Å². The van der Waals surface area contributed by atoms with Gasteiger partial charge >= 0.3 is 0 Å². The summed E-state index contributed by atoms with van der Waals surface area (Å²) in [6.45, 7) is 6.20. The molecule has 2 rings (SSSR count). The summed E-state index contributed by atoms with van der Waals surface area (Å²) in [7, 11) is 0. The van der Waals surface area contributed by atoms with Gasteiger partial charge in [0.2, 0.25) is 0 Å². The van der Waals surface area contributed by atoms with Gasteiger partial charge in [-0.1, -0.05) is 6.58 Å². The van der Waals surface area contributed by atoms with Crippen molar-refractivity contribution >= 4 is 0 Å². The molecule has 0 aliphatic carbocycles. The zero-order valence-corrected chi connectivity index (χ0v) is 6.54. The summed E-state index contributed by atoms with van der Waals surface area (Å²) >= 11 is 0. The molecule has 0 radical (unpaired) electrons. The van der Waals surface area contributed by atoms with E-state index in [1.54, 1.807) is 6.92 Å². The zero-order valence-electron chi connectivity index (χ0n) is 6.54. The molecule has 0 aromatic rings. The first-order valence-electron chi connectivity index (χ1n) is 3.82. The van der Waals surface area contributed by atoms with Crippen molar-refractivity contribution in [1.29, 1.82) is 0 Å². The summed E-state index contributed by atoms with van der Waals surface area (Å²) in [5.74, 6) is -0.720. The van der Waals surface area contributed by atoms with E-state index in [2.05, 4.69) is 6.58 Å². The first-order valence-corrected chi connectivity index (χ1v) is 3.82. The van der Waals surface area contributed by atoms with Gasteiger partial charge in [-0.15, -0.1) is 0 Å². The van der Waals surface area contributed by atoms with Crippen LogP contribution in [0.3, 0.4) is 0 Å². The predicted molar refractivity (Wildman–Crippen MR) is 39.0 cm³/mol. The Labute approximate surface area is 65.6 Å². The highest BCUT2D eigenvalue weighted by Gasteiger charge is 2.49. The molecule has 1 N–H and O–H groups in total. The van der Waals surface area contributed by atoms with E-state index in [1.165, 1.54) is 0 Å².